The fourth-order valence-corrected chi connectivity index (χ4v) is 0.696. The number of nitrogens with one attached hydrogen (secondary N) is 2. The highest BCUT2D eigenvalue weighted by Crippen LogP contribution is 1.71. The lowest BCUT2D eigenvalue weighted by molar-refractivity contribution is -0.120. The van der Waals surface area contributed by atoms with Gasteiger partial charge in [0.25, 0.3) is 0 Å². The van der Waals surface area contributed by atoms with E-state index in [-0.39, 0.29) is 12.5 Å². The first-order valence-electron chi connectivity index (χ1n) is 4.14. The number of rotatable bonds is 7. The summed E-state index contributed by atoms with van der Waals surface area (Å²) in [5.41, 5.74) is 0. The molecule has 5 heteroatoms. The Morgan fingerprint density at radius 2 is 2.31 bits per heavy atom. The molecule has 0 aliphatic carbocycles. The van der Waals surface area contributed by atoms with Gasteiger partial charge in [0.15, 0.2) is 0 Å². The van der Waals surface area contributed by atoms with Crippen LogP contribution in [-0.2, 0) is 9.53 Å². The molecular weight excluding hydrogens is 170 g/mol. The van der Waals surface area contributed by atoms with Crippen molar-refractivity contribution in [2.45, 2.75) is 6.42 Å². The summed E-state index contributed by atoms with van der Waals surface area (Å²) in [7, 11) is 1.61. The third-order valence-electron chi connectivity index (χ3n) is 1.33. The zero-order valence-electron chi connectivity index (χ0n) is 7.80. The molecule has 0 saturated carbocycles. The van der Waals surface area contributed by atoms with E-state index in [0.29, 0.717) is 26.1 Å². The normalized spacial score (nSPS) is 9.23. The van der Waals surface area contributed by atoms with Crippen LogP contribution in [0, 0.1) is 11.3 Å². The quantitative estimate of drug-likeness (QED) is 0.512. The molecule has 0 heterocycles. The van der Waals surface area contributed by atoms with Gasteiger partial charge >= 0.3 is 0 Å². The Balaban J connectivity index is 3.16. The Bertz CT molecular complexity index is 177. The van der Waals surface area contributed by atoms with Crippen molar-refractivity contribution in [3.05, 3.63) is 0 Å². The minimum Gasteiger partial charge on any atom is -0.383 e. The lowest BCUT2D eigenvalue weighted by atomic mass is 10.4. The molecule has 0 aromatic heterocycles. The van der Waals surface area contributed by atoms with Gasteiger partial charge in [0.1, 0.15) is 0 Å². The second-order valence-electron chi connectivity index (χ2n) is 2.43. The topological polar surface area (TPSA) is 74.2 Å². The second kappa shape index (κ2) is 8.97. The standard InChI is InChI=1S/C8H15N3O2/c1-13-6-5-10-7-8(12)11-4-2-3-9/h10H,2,4-7H2,1H3,(H,11,12). The molecule has 0 unspecified atom stereocenters. The fraction of sp³-hybridized carbons (Fsp3) is 0.750. The number of ether oxygens (including phenoxy) is 1. The van der Waals surface area contributed by atoms with Gasteiger partial charge in [-0.25, -0.2) is 0 Å². The summed E-state index contributed by atoms with van der Waals surface area (Å²) in [5.74, 6) is -0.0913. The SMILES string of the molecule is COCCNCC(=O)NCCC#N. The molecule has 13 heavy (non-hydrogen) atoms. The van der Waals surface area contributed by atoms with Crippen molar-refractivity contribution < 1.29 is 9.53 Å². The van der Waals surface area contributed by atoms with E-state index in [1.807, 2.05) is 6.07 Å². The molecule has 0 atom stereocenters. The van der Waals surface area contributed by atoms with E-state index in [1.165, 1.54) is 0 Å². The third-order valence-corrected chi connectivity index (χ3v) is 1.33. The number of hydrogen-bond acceptors (Lipinski definition) is 4. The number of amides is 1. The Morgan fingerprint density at radius 1 is 1.54 bits per heavy atom. The molecule has 0 spiro atoms. The van der Waals surface area contributed by atoms with E-state index in [0.717, 1.165) is 0 Å². The lowest BCUT2D eigenvalue weighted by Crippen LogP contribution is -2.35. The maximum Gasteiger partial charge on any atom is 0.233 e. The molecule has 0 fully saturated rings. The summed E-state index contributed by atoms with van der Waals surface area (Å²) in [4.78, 5) is 11.0. The second-order valence-corrected chi connectivity index (χ2v) is 2.43. The molecular formula is C8H15N3O2. The van der Waals surface area contributed by atoms with Crippen LogP contribution in [0.15, 0.2) is 0 Å². The summed E-state index contributed by atoms with van der Waals surface area (Å²) in [6.45, 7) is 1.93. The summed E-state index contributed by atoms with van der Waals surface area (Å²) in [6.07, 6.45) is 0.351. The van der Waals surface area contributed by atoms with Crippen molar-refractivity contribution in [3.8, 4) is 6.07 Å². The van der Waals surface area contributed by atoms with Crippen LogP contribution in [0.2, 0.25) is 0 Å². The van der Waals surface area contributed by atoms with E-state index in [2.05, 4.69) is 10.6 Å². The Morgan fingerprint density at radius 3 is 2.92 bits per heavy atom. The Labute approximate surface area is 78.1 Å². The highest BCUT2D eigenvalue weighted by atomic mass is 16.5. The number of carbonyl (C=O) groups excluding carboxylic acids is 1. The van der Waals surface area contributed by atoms with Crippen molar-refractivity contribution in [3.63, 3.8) is 0 Å². The zero-order chi connectivity index (χ0) is 9.94. The predicted octanol–water partition coefficient (Wildman–Crippen LogP) is -0.748. The van der Waals surface area contributed by atoms with Gasteiger partial charge in [-0.05, 0) is 0 Å². The molecule has 0 radical (unpaired) electrons. The molecule has 0 aliphatic rings. The van der Waals surface area contributed by atoms with Gasteiger partial charge in [0.2, 0.25) is 5.91 Å². The van der Waals surface area contributed by atoms with Crippen LogP contribution >= 0.6 is 0 Å². The van der Waals surface area contributed by atoms with E-state index in [9.17, 15) is 4.79 Å². The van der Waals surface area contributed by atoms with Gasteiger partial charge < -0.3 is 15.4 Å². The smallest absolute Gasteiger partial charge is 0.233 e. The van der Waals surface area contributed by atoms with Gasteiger partial charge in [-0.1, -0.05) is 0 Å². The predicted molar refractivity (Wildman–Crippen MR) is 48.0 cm³/mol. The number of nitrogens with zero attached hydrogens (tertiary/aromatic N) is 1. The maximum absolute atomic E-state index is 11.0. The summed E-state index contributed by atoms with van der Waals surface area (Å²) in [6, 6.07) is 1.94. The van der Waals surface area contributed by atoms with Gasteiger partial charge in [0, 0.05) is 20.2 Å². The van der Waals surface area contributed by atoms with Gasteiger partial charge in [-0.2, -0.15) is 5.26 Å². The van der Waals surface area contributed by atoms with Crippen molar-refractivity contribution >= 4 is 5.91 Å². The number of methoxy groups -OCH3 is 1. The van der Waals surface area contributed by atoms with Crippen LogP contribution in [0.5, 0.6) is 0 Å². The molecule has 0 aromatic rings. The van der Waals surface area contributed by atoms with Crippen LogP contribution in [0.3, 0.4) is 0 Å². The van der Waals surface area contributed by atoms with Crippen LogP contribution in [0.4, 0.5) is 0 Å². The molecule has 0 saturated heterocycles. The number of nitriles is 1. The largest absolute Gasteiger partial charge is 0.383 e. The fourth-order valence-electron chi connectivity index (χ4n) is 0.696. The highest BCUT2D eigenvalue weighted by molar-refractivity contribution is 5.77. The van der Waals surface area contributed by atoms with Crippen molar-refractivity contribution in [2.75, 3.05) is 33.4 Å². The molecule has 74 valence electrons. The van der Waals surface area contributed by atoms with Crippen LogP contribution < -0.4 is 10.6 Å². The summed E-state index contributed by atoms with van der Waals surface area (Å²) in [5, 5.41) is 13.7. The summed E-state index contributed by atoms with van der Waals surface area (Å²) < 4.78 is 4.78. The van der Waals surface area contributed by atoms with Crippen molar-refractivity contribution in [2.24, 2.45) is 0 Å². The van der Waals surface area contributed by atoms with Crippen LogP contribution in [0.25, 0.3) is 0 Å². The average Bonchev–Trinajstić information content (AvgIpc) is 2.13. The average molecular weight is 185 g/mol. The van der Waals surface area contributed by atoms with Crippen LogP contribution in [0.1, 0.15) is 6.42 Å². The van der Waals surface area contributed by atoms with Gasteiger partial charge in [-0.15, -0.1) is 0 Å². The molecule has 0 bridgehead atoms. The molecule has 5 nitrogen and oxygen atoms in total. The number of hydrogen-bond donors (Lipinski definition) is 2. The molecule has 0 aromatic carbocycles. The van der Waals surface area contributed by atoms with Gasteiger partial charge in [0.05, 0.1) is 25.6 Å². The first-order valence-corrected chi connectivity index (χ1v) is 4.14. The van der Waals surface area contributed by atoms with E-state index < -0.39 is 0 Å². The number of carbonyl (C=O) groups is 1. The van der Waals surface area contributed by atoms with E-state index in [1.54, 1.807) is 7.11 Å². The Hall–Kier alpha value is -1.12. The zero-order valence-corrected chi connectivity index (χ0v) is 7.80. The third kappa shape index (κ3) is 8.79. The van der Waals surface area contributed by atoms with Crippen molar-refractivity contribution in [1.82, 2.24) is 10.6 Å². The maximum atomic E-state index is 11.0. The minimum atomic E-state index is -0.0913. The van der Waals surface area contributed by atoms with Gasteiger partial charge in [-0.3, -0.25) is 4.79 Å². The highest BCUT2D eigenvalue weighted by Gasteiger charge is 1.97. The molecule has 1 amide bonds. The molecule has 0 aliphatic heterocycles. The van der Waals surface area contributed by atoms with Crippen LogP contribution in [-0.4, -0.2) is 39.3 Å². The minimum absolute atomic E-state index is 0.0913. The lowest BCUT2D eigenvalue weighted by Gasteiger charge is -2.03. The molecule has 2 N–H and O–H groups in total. The summed E-state index contributed by atoms with van der Waals surface area (Å²) >= 11 is 0. The molecule has 0 rings (SSSR count). The Kier molecular flexibility index (Phi) is 8.20. The van der Waals surface area contributed by atoms with E-state index in [4.69, 9.17) is 10.00 Å². The first kappa shape index (κ1) is 11.9. The van der Waals surface area contributed by atoms with Crippen molar-refractivity contribution in [1.29, 1.82) is 5.26 Å². The first-order chi connectivity index (χ1) is 6.31. The van der Waals surface area contributed by atoms with E-state index >= 15 is 0 Å². The monoisotopic (exact) mass is 185 g/mol.